The van der Waals surface area contributed by atoms with E-state index in [4.69, 9.17) is 18.6 Å². The van der Waals surface area contributed by atoms with Crippen LogP contribution in [-0.2, 0) is 4.79 Å². The molecule has 3 atom stereocenters. The first-order valence-corrected chi connectivity index (χ1v) is 11.2. The van der Waals surface area contributed by atoms with E-state index in [1.807, 2.05) is 0 Å². The molecule has 6 nitrogen and oxygen atoms in total. The highest BCUT2D eigenvalue weighted by molar-refractivity contribution is 5.88. The zero-order valence-electron chi connectivity index (χ0n) is 19.9. The average molecular weight is 443 g/mol. The lowest BCUT2D eigenvalue weighted by Gasteiger charge is -2.48. The maximum atomic E-state index is 11.8. The topological polar surface area (TPSA) is 75.0 Å². The second-order valence-electron chi connectivity index (χ2n) is 9.17. The molecule has 0 radical (unpaired) electrons. The summed E-state index contributed by atoms with van der Waals surface area (Å²) in [6.07, 6.45) is 4.45. The van der Waals surface area contributed by atoms with E-state index in [9.17, 15) is 9.59 Å². The summed E-state index contributed by atoms with van der Waals surface area (Å²) < 4.78 is 23.1. The van der Waals surface area contributed by atoms with Crippen molar-refractivity contribution in [1.82, 2.24) is 0 Å². The number of allylic oxidation sites excluding steroid dienone is 2. The first kappa shape index (κ1) is 23.9. The van der Waals surface area contributed by atoms with E-state index in [0.29, 0.717) is 47.2 Å². The maximum absolute atomic E-state index is 11.8. The third-order valence-electron chi connectivity index (χ3n) is 7.14. The van der Waals surface area contributed by atoms with Gasteiger partial charge in [-0.25, -0.2) is 4.79 Å². The Hall–Kier alpha value is -2.76. The summed E-state index contributed by atoms with van der Waals surface area (Å²) in [5.74, 6) is 1.93. The zero-order chi connectivity index (χ0) is 23.5. The van der Waals surface area contributed by atoms with Gasteiger partial charge in [-0.3, -0.25) is 0 Å². The molecule has 1 aromatic carbocycles. The van der Waals surface area contributed by atoms with Gasteiger partial charge in [0.05, 0.1) is 20.8 Å². The number of methoxy groups -OCH3 is 2. The molecule has 0 bridgehead atoms. The van der Waals surface area contributed by atoms with Crippen molar-refractivity contribution in [3.8, 4) is 17.2 Å². The number of carbonyl (C=O) groups excluding carboxylic acids is 1. The Kier molecular flexibility index (Phi) is 7.32. The Labute approximate surface area is 189 Å². The highest BCUT2D eigenvalue weighted by atomic mass is 16.5. The predicted molar refractivity (Wildman–Crippen MR) is 125 cm³/mol. The molecule has 1 saturated carbocycles. The summed E-state index contributed by atoms with van der Waals surface area (Å²) in [6, 6.07) is 4.83. The fraction of sp³-hybridized carbons (Fsp3) is 0.538. The van der Waals surface area contributed by atoms with E-state index in [0.717, 1.165) is 25.5 Å². The van der Waals surface area contributed by atoms with Crippen molar-refractivity contribution in [2.75, 3.05) is 20.8 Å². The minimum atomic E-state index is -0.457. The molecule has 3 unspecified atom stereocenters. The Morgan fingerprint density at radius 1 is 1.22 bits per heavy atom. The monoisotopic (exact) mass is 442 g/mol. The summed E-state index contributed by atoms with van der Waals surface area (Å²) in [4.78, 5) is 23.0. The molecular weight excluding hydrogens is 408 g/mol. The van der Waals surface area contributed by atoms with Crippen LogP contribution in [0.25, 0.3) is 11.0 Å². The molecule has 0 spiro atoms. The van der Waals surface area contributed by atoms with Crippen molar-refractivity contribution in [3.05, 3.63) is 39.8 Å². The van der Waals surface area contributed by atoms with Crippen LogP contribution in [0.5, 0.6) is 17.2 Å². The number of hydrogen-bond acceptors (Lipinski definition) is 6. The van der Waals surface area contributed by atoms with Gasteiger partial charge < -0.3 is 23.4 Å². The molecule has 0 aliphatic heterocycles. The molecule has 3 rings (SSSR count). The lowest BCUT2D eigenvalue weighted by Crippen LogP contribution is -2.44. The van der Waals surface area contributed by atoms with Gasteiger partial charge in [0.25, 0.3) is 0 Å². The lowest BCUT2D eigenvalue weighted by atomic mass is 9.58. The first-order chi connectivity index (χ1) is 15.3. The Morgan fingerprint density at radius 3 is 2.59 bits per heavy atom. The van der Waals surface area contributed by atoms with Gasteiger partial charge in [-0.15, -0.1) is 0 Å². The third kappa shape index (κ3) is 4.41. The van der Waals surface area contributed by atoms with Crippen LogP contribution in [-0.4, -0.2) is 27.1 Å². The average Bonchev–Trinajstić information content (AvgIpc) is 2.77. The molecule has 1 fully saturated rings. The van der Waals surface area contributed by atoms with Crippen LogP contribution < -0.4 is 19.8 Å². The van der Waals surface area contributed by atoms with Crippen molar-refractivity contribution in [2.24, 2.45) is 17.3 Å². The van der Waals surface area contributed by atoms with E-state index in [-0.39, 0.29) is 11.3 Å². The SMILES string of the molecule is COc1cc2ccc(=O)oc2c(OC)c1OCC1(C)C(C)CCC(=C(C)C)C1CCC=O. The normalized spacial score (nSPS) is 23.1. The largest absolute Gasteiger partial charge is 0.493 e. The van der Waals surface area contributed by atoms with Crippen molar-refractivity contribution in [2.45, 2.75) is 53.4 Å². The van der Waals surface area contributed by atoms with Crippen LogP contribution in [0.1, 0.15) is 53.4 Å². The molecule has 174 valence electrons. The minimum Gasteiger partial charge on any atom is -0.493 e. The van der Waals surface area contributed by atoms with E-state index >= 15 is 0 Å². The van der Waals surface area contributed by atoms with Gasteiger partial charge in [0, 0.05) is 23.3 Å². The van der Waals surface area contributed by atoms with E-state index in [1.165, 1.54) is 24.3 Å². The van der Waals surface area contributed by atoms with Gasteiger partial charge in [-0.2, -0.15) is 0 Å². The standard InChI is InChI=1S/C26H34O6/c1-16(2)19-11-9-17(3)26(4,20(19)8-7-13-27)15-31-24-21(29-5)14-18-10-12-22(28)32-23(18)25(24)30-6/h10,12-14,17,20H,7-9,11,15H2,1-6H3. The Morgan fingerprint density at radius 2 is 1.97 bits per heavy atom. The smallest absolute Gasteiger partial charge is 0.336 e. The summed E-state index contributed by atoms with van der Waals surface area (Å²) in [5.41, 5.74) is 2.44. The van der Waals surface area contributed by atoms with Gasteiger partial charge in [0.1, 0.15) is 6.29 Å². The lowest BCUT2D eigenvalue weighted by molar-refractivity contribution is -0.108. The van der Waals surface area contributed by atoms with Crippen LogP contribution in [0.2, 0.25) is 0 Å². The fourth-order valence-corrected chi connectivity index (χ4v) is 5.04. The van der Waals surface area contributed by atoms with E-state index in [2.05, 4.69) is 27.7 Å². The molecule has 2 aromatic rings. The number of ether oxygens (including phenoxy) is 3. The quantitative estimate of drug-likeness (QED) is 0.303. The van der Waals surface area contributed by atoms with Gasteiger partial charge in [-0.1, -0.05) is 25.0 Å². The zero-order valence-corrected chi connectivity index (χ0v) is 19.9. The highest BCUT2D eigenvalue weighted by Crippen LogP contribution is 2.52. The minimum absolute atomic E-state index is 0.184. The van der Waals surface area contributed by atoms with E-state index < -0.39 is 5.63 Å². The summed E-state index contributed by atoms with van der Waals surface area (Å²) in [5, 5.41) is 0.693. The second-order valence-corrected chi connectivity index (χ2v) is 9.17. The predicted octanol–water partition coefficient (Wildman–Crippen LogP) is 5.56. The fourth-order valence-electron chi connectivity index (χ4n) is 5.04. The molecule has 0 saturated heterocycles. The second kappa shape index (κ2) is 9.80. The van der Waals surface area contributed by atoms with Crippen molar-refractivity contribution >= 4 is 17.3 Å². The number of carbonyl (C=O) groups is 1. The number of fused-ring (bicyclic) bond motifs is 1. The molecule has 1 heterocycles. The molecule has 0 amide bonds. The maximum Gasteiger partial charge on any atom is 0.336 e. The summed E-state index contributed by atoms with van der Waals surface area (Å²) >= 11 is 0. The van der Waals surface area contributed by atoms with Crippen LogP contribution in [0, 0.1) is 17.3 Å². The van der Waals surface area contributed by atoms with Crippen molar-refractivity contribution in [3.63, 3.8) is 0 Å². The number of benzene rings is 1. The van der Waals surface area contributed by atoms with Gasteiger partial charge in [0.15, 0.2) is 11.3 Å². The van der Waals surface area contributed by atoms with Gasteiger partial charge in [0.2, 0.25) is 11.5 Å². The van der Waals surface area contributed by atoms with Gasteiger partial charge in [-0.05, 0) is 57.1 Å². The molecule has 1 aromatic heterocycles. The molecule has 1 aliphatic rings. The number of hydrogen-bond donors (Lipinski definition) is 0. The Balaban J connectivity index is 2.05. The highest BCUT2D eigenvalue weighted by Gasteiger charge is 2.45. The van der Waals surface area contributed by atoms with Gasteiger partial charge >= 0.3 is 5.63 Å². The van der Waals surface area contributed by atoms with Crippen LogP contribution >= 0.6 is 0 Å². The molecular formula is C26H34O6. The molecule has 32 heavy (non-hydrogen) atoms. The third-order valence-corrected chi connectivity index (χ3v) is 7.14. The summed E-state index contributed by atoms with van der Waals surface area (Å²) in [6.45, 7) is 9.22. The van der Waals surface area contributed by atoms with Crippen molar-refractivity contribution < 1.29 is 23.4 Å². The molecule has 0 N–H and O–H groups in total. The first-order valence-electron chi connectivity index (χ1n) is 11.2. The van der Waals surface area contributed by atoms with Crippen LogP contribution in [0.3, 0.4) is 0 Å². The summed E-state index contributed by atoms with van der Waals surface area (Å²) in [7, 11) is 3.10. The molecule has 1 aliphatic carbocycles. The van der Waals surface area contributed by atoms with Crippen LogP contribution in [0.15, 0.2) is 38.6 Å². The van der Waals surface area contributed by atoms with Crippen molar-refractivity contribution in [1.29, 1.82) is 0 Å². The van der Waals surface area contributed by atoms with E-state index in [1.54, 1.807) is 19.2 Å². The Bertz CT molecular complexity index is 1060. The van der Waals surface area contributed by atoms with Crippen LogP contribution in [0.4, 0.5) is 0 Å². The number of aldehydes is 1. The molecule has 6 heteroatoms. The number of rotatable bonds is 8.